The molecule has 0 atom stereocenters. The maximum absolute atomic E-state index is 3.98. The molecule has 2 rings (SSSR count). The van der Waals surface area contributed by atoms with Crippen molar-refractivity contribution in [3.63, 3.8) is 0 Å². The van der Waals surface area contributed by atoms with Gasteiger partial charge in [-0.25, -0.2) is 0 Å². The fourth-order valence-corrected chi connectivity index (χ4v) is 1.01. The van der Waals surface area contributed by atoms with Crippen molar-refractivity contribution < 1.29 is 0 Å². The lowest BCUT2D eigenvalue weighted by Gasteiger charge is -1.88. The van der Waals surface area contributed by atoms with E-state index in [1.54, 1.807) is 0 Å². The first-order valence-electron chi connectivity index (χ1n) is 5.55. The summed E-state index contributed by atoms with van der Waals surface area (Å²) in [5, 5.41) is 10.5. The van der Waals surface area contributed by atoms with Crippen LogP contribution in [0.25, 0.3) is 11.0 Å². The monoisotopic (exact) mass is 207 g/mol. The van der Waals surface area contributed by atoms with Crippen molar-refractivity contribution in [2.45, 2.75) is 41.0 Å². The van der Waals surface area contributed by atoms with Crippen LogP contribution >= 0.6 is 0 Å². The van der Waals surface area contributed by atoms with Crippen molar-refractivity contribution in [3.8, 4) is 0 Å². The minimum atomic E-state index is 0.931. The summed E-state index contributed by atoms with van der Waals surface area (Å²) in [7, 11) is 0. The number of benzene rings is 1. The summed E-state index contributed by atoms with van der Waals surface area (Å²) in [6.45, 7) is 10.3. The summed E-state index contributed by atoms with van der Waals surface area (Å²) in [5.41, 5.74) is 3.05. The maximum atomic E-state index is 3.98. The topological polar surface area (TPSA) is 41.6 Å². The van der Waals surface area contributed by atoms with E-state index in [0.717, 1.165) is 16.6 Å². The van der Waals surface area contributed by atoms with Crippen LogP contribution in [0.4, 0.5) is 0 Å². The number of nitrogens with zero attached hydrogens (tertiary/aromatic N) is 2. The third-order valence-electron chi connectivity index (χ3n) is 1.55. The Kier molecular flexibility index (Phi) is 7.24. The Morgan fingerprint density at radius 1 is 1.13 bits per heavy atom. The van der Waals surface area contributed by atoms with Crippen LogP contribution in [0.1, 0.15) is 39.7 Å². The molecule has 1 heterocycles. The van der Waals surface area contributed by atoms with Crippen LogP contribution in [0.3, 0.4) is 0 Å². The molecule has 1 N–H and O–H groups in total. The van der Waals surface area contributed by atoms with Gasteiger partial charge in [-0.05, 0) is 18.6 Å². The van der Waals surface area contributed by atoms with Gasteiger partial charge in [0.2, 0.25) is 0 Å². The van der Waals surface area contributed by atoms with Gasteiger partial charge in [0, 0.05) is 0 Å². The summed E-state index contributed by atoms with van der Waals surface area (Å²) in [5.74, 6) is 0. The molecule has 0 spiro atoms. The van der Waals surface area contributed by atoms with Crippen LogP contribution in [0.5, 0.6) is 0 Å². The van der Waals surface area contributed by atoms with Crippen molar-refractivity contribution >= 4 is 11.0 Å². The first kappa shape index (κ1) is 13.6. The van der Waals surface area contributed by atoms with E-state index in [0.29, 0.717) is 0 Å². The van der Waals surface area contributed by atoms with Crippen molar-refractivity contribution in [3.05, 3.63) is 23.8 Å². The second-order valence-electron chi connectivity index (χ2n) is 2.97. The predicted octanol–water partition coefficient (Wildman–Crippen LogP) is 3.71. The van der Waals surface area contributed by atoms with E-state index >= 15 is 0 Å². The third kappa shape index (κ3) is 4.11. The highest BCUT2D eigenvalue weighted by Crippen LogP contribution is 2.10. The number of rotatable bonds is 0. The second-order valence-corrected chi connectivity index (χ2v) is 2.97. The zero-order chi connectivity index (χ0) is 11.7. The molecule has 3 nitrogen and oxygen atoms in total. The van der Waals surface area contributed by atoms with Gasteiger partial charge in [0.15, 0.2) is 0 Å². The van der Waals surface area contributed by atoms with Gasteiger partial charge in [-0.1, -0.05) is 46.2 Å². The van der Waals surface area contributed by atoms with Gasteiger partial charge >= 0.3 is 0 Å². The van der Waals surface area contributed by atoms with Gasteiger partial charge < -0.3 is 0 Å². The van der Waals surface area contributed by atoms with Gasteiger partial charge in [-0.2, -0.15) is 15.4 Å². The highest BCUT2D eigenvalue weighted by Gasteiger charge is 1.97. The Morgan fingerprint density at radius 3 is 2.27 bits per heavy atom. The van der Waals surface area contributed by atoms with Gasteiger partial charge in [0.25, 0.3) is 0 Å². The SMILES string of the molecule is CC.CCC.Cc1cccc2n[nH]nc12. The van der Waals surface area contributed by atoms with E-state index in [1.165, 1.54) is 6.42 Å². The minimum Gasteiger partial charge on any atom is -0.197 e. The molecule has 84 valence electrons. The normalized spacial score (nSPS) is 8.60. The molecule has 1 aromatic heterocycles. The summed E-state index contributed by atoms with van der Waals surface area (Å²) in [6, 6.07) is 5.93. The number of hydrogen-bond acceptors (Lipinski definition) is 2. The summed E-state index contributed by atoms with van der Waals surface area (Å²) >= 11 is 0. The van der Waals surface area contributed by atoms with Crippen LogP contribution in [0.15, 0.2) is 18.2 Å². The molecule has 3 heteroatoms. The second kappa shape index (κ2) is 7.97. The van der Waals surface area contributed by atoms with Gasteiger partial charge in [-0.15, -0.1) is 0 Å². The van der Waals surface area contributed by atoms with Crippen molar-refractivity contribution in [2.75, 3.05) is 0 Å². The maximum Gasteiger partial charge on any atom is 0.115 e. The number of aromatic amines is 1. The van der Waals surface area contributed by atoms with E-state index in [9.17, 15) is 0 Å². The van der Waals surface area contributed by atoms with Crippen LogP contribution < -0.4 is 0 Å². The largest absolute Gasteiger partial charge is 0.197 e. The molecule has 0 bridgehead atoms. The third-order valence-corrected chi connectivity index (χ3v) is 1.55. The van der Waals surface area contributed by atoms with Gasteiger partial charge in [0.1, 0.15) is 11.0 Å². The average molecular weight is 207 g/mol. The standard InChI is InChI=1S/C7H7N3.C3H8.C2H6/c1-5-3-2-4-6-7(5)9-10-8-6;1-3-2;1-2/h2-4H,1H3,(H,8,9,10);3H2,1-2H3;1-2H3. The molecule has 0 fully saturated rings. The Hall–Kier alpha value is -1.38. The molecule has 2 aromatic rings. The summed E-state index contributed by atoms with van der Waals surface area (Å²) in [4.78, 5) is 0. The average Bonchev–Trinajstić information content (AvgIpc) is 2.71. The molecule has 0 aliphatic rings. The lowest BCUT2D eigenvalue weighted by atomic mass is 10.2. The Bertz CT molecular complexity index is 366. The van der Waals surface area contributed by atoms with E-state index < -0.39 is 0 Å². The van der Waals surface area contributed by atoms with E-state index in [-0.39, 0.29) is 0 Å². The van der Waals surface area contributed by atoms with E-state index in [1.807, 2.05) is 39.0 Å². The van der Waals surface area contributed by atoms with Crippen LogP contribution in [-0.2, 0) is 0 Å². The summed E-state index contributed by atoms with van der Waals surface area (Å²) in [6.07, 6.45) is 1.25. The molecule has 0 aliphatic heterocycles. The molecule has 1 aromatic carbocycles. The minimum absolute atomic E-state index is 0.931. The fraction of sp³-hybridized carbons (Fsp3) is 0.500. The lowest BCUT2D eigenvalue weighted by molar-refractivity contribution is 0.958. The van der Waals surface area contributed by atoms with Crippen LogP contribution in [-0.4, -0.2) is 15.4 Å². The fourth-order valence-electron chi connectivity index (χ4n) is 1.01. The predicted molar refractivity (Wildman–Crippen MR) is 65.9 cm³/mol. The first-order chi connectivity index (χ1) is 7.29. The lowest BCUT2D eigenvalue weighted by Crippen LogP contribution is -1.73. The molecule has 0 unspecified atom stereocenters. The Morgan fingerprint density at radius 2 is 1.73 bits per heavy atom. The quantitative estimate of drug-likeness (QED) is 0.715. The van der Waals surface area contributed by atoms with Crippen LogP contribution in [0.2, 0.25) is 0 Å². The number of hydrogen-bond donors (Lipinski definition) is 1. The van der Waals surface area contributed by atoms with Crippen molar-refractivity contribution in [1.29, 1.82) is 0 Å². The van der Waals surface area contributed by atoms with E-state index in [2.05, 4.69) is 29.3 Å². The molecule has 0 radical (unpaired) electrons. The Balaban J connectivity index is 0.000000342. The van der Waals surface area contributed by atoms with Gasteiger partial charge in [-0.3, -0.25) is 0 Å². The zero-order valence-electron chi connectivity index (χ0n) is 10.3. The van der Waals surface area contributed by atoms with E-state index in [4.69, 9.17) is 0 Å². The smallest absolute Gasteiger partial charge is 0.115 e. The molecule has 0 amide bonds. The van der Waals surface area contributed by atoms with Crippen molar-refractivity contribution in [2.24, 2.45) is 0 Å². The highest BCUT2D eigenvalue weighted by molar-refractivity contribution is 5.76. The van der Waals surface area contributed by atoms with Crippen LogP contribution in [0, 0.1) is 6.92 Å². The molecule has 0 saturated carbocycles. The molecule has 0 aliphatic carbocycles. The number of H-pyrrole nitrogens is 1. The molecule has 15 heavy (non-hydrogen) atoms. The first-order valence-corrected chi connectivity index (χ1v) is 5.55. The highest BCUT2D eigenvalue weighted by atomic mass is 15.3. The van der Waals surface area contributed by atoms with Gasteiger partial charge in [0.05, 0.1) is 0 Å². The number of para-hydroxylation sites is 1. The van der Waals surface area contributed by atoms with Crippen molar-refractivity contribution in [1.82, 2.24) is 15.4 Å². The molecular weight excluding hydrogens is 186 g/mol. The Labute approximate surface area is 91.9 Å². The molecule has 0 saturated heterocycles. The number of aromatic nitrogens is 3. The number of nitrogens with one attached hydrogen (secondary N) is 1. The zero-order valence-corrected chi connectivity index (χ0v) is 10.3. The molecular formula is C12H21N3. The number of aryl methyl sites for hydroxylation is 1. The summed E-state index contributed by atoms with van der Waals surface area (Å²) < 4.78 is 0. The number of fused-ring (bicyclic) bond motifs is 1.